The van der Waals surface area contributed by atoms with E-state index in [1.807, 2.05) is 18.7 Å². The minimum Gasteiger partial charge on any atom is -0.380 e. The number of nitrogens with one attached hydrogen (secondary N) is 1. The second-order valence-corrected chi connectivity index (χ2v) is 4.54. The average molecular weight is 203 g/mol. The molecule has 1 aliphatic carbocycles. The fraction of sp³-hybridized carbons (Fsp3) is 1.00. The first kappa shape index (κ1) is 11.3. The lowest BCUT2D eigenvalue weighted by Crippen LogP contribution is -2.36. The van der Waals surface area contributed by atoms with Gasteiger partial charge < -0.3 is 10.1 Å². The third-order valence-electron chi connectivity index (χ3n) is 2.61. The van der Waals surface area contributed by atoms with Crippen LogP contribution in [0, 0.1) is 0 Å². The number of ether oxygens (including phenoxy) is 1. The van der Waals surface area contributed by atoms with E-state index in [1.165, 1.54) is 19.3 Å². The lowest BCUT2D eigenvalue weighted by molar-refractivity contribution is 0.147. The van der Waals surface area contributed by atoms with Crippen molar-refractivity contribution < 1.29 is 4.74 Å². The van der Waals surface area contributed by atoms with Crippen molar-refractivity contribution in [1.29, 1.82) is 0 Å². The standard InChI is InChI=1S/C10H21NOS/c1-3-12-8-7-11-9-5-4-6-10(9)13-2/h9-11H,3-8H2,1-2H3. The molecule has 0 heterocycles. The molecule has 1 aliphatic rings. The molecule has 1 N–H and O–H groups in total. The topological polar surface area (TPSA) is 21.3 Å². The number of hydrogen-bond donors (Lipinski definition) is 1. The molecule has 0 aromatic heterocycles. The van der Waals surface area contributed by atoms with Crippen LogP contribution in [0.25, 0.3) is 0 Å². The third-order valence-corrected chi connectivity index (χ3v) is 3.78. The van der Waals surface area contributed by atoms with E-state index in [4.69, 9.17) is 4.74 Å². The predicted octanol–water partition coefficient (Wildman–Crippen LogP) is 1.90. The van der Waals surface area contributed by atoms with Crippen molar-refractivity contribution in [1.82, 2.24) is 5.32 Å². The van der Waals surface area contributed by atoms with Gasteiger partial charge >= 0.3 is 0 Å². The minimum absolute atomic E-state index is 0.732. The number of rotatable bonds is 6. The quantitative estimate of drug-likeness (QED) is 0.666. The van der Waals surface area contributed by atoms with Crippen LogP contribution < -0.4 is 5.32 Å². The zero-order chi connectivity index (χ0) is 9.52. The molecule has 0 amide bonds. The Hall–Kier alpha value is 0.270. The largest absolute Gasteiger partial charge is 0.380 e. The summed E-state index contributed by atoms with van der Waals surface area (Å²) in [4.78, 5) is 0. The summed E-state index contributed by atoms with van der Waals surface area (Å²) >= 11 is 2.00. The van der Waals surface area contributed by atoms with Crippen LogP contribution in [0.3, 0.4) is 0 Å². The maximum atomic E-state index is 5.29. The van der Waals surface area contributed by atoms with E-state index in [9.17, 15) is 0 Å². The fourth-order valence-electron chi connectivity index (χ4n) is 1.90. The summed E-state index contributed by atoms with van der Waals surface area (Å²) in [5, 5.41) is 4.41. The van der Waals surface area contributed by atoms with E-state index in [1.54, 1.807) is 0 Å². The summed E-state index contributed by atoms with van der Waals surface area (Å²) in [7, 11) is 0. The fourth-order valence-corrected chi connectivity index (χ4v) is 2.87. The molecule has 0 saturated heterocycles. The van der Waals surface area contributed by atoms with Gasteiger partial charge in [-0.15, -0.1) is 0 Å². The van der Waals surface area contributed by atoms with Gasteiger partial charge in [-0.3, -0.25) is 0 Å². The Morgan fingerprint density at radius 3 is 3.00 bits per heavy atom. The zero-order valence-electron chi connectivity index (χ0n) is 8.71. The van der Waals surface area contributed by atoms with Crippen LogP contribution in [0.15, 0.2) is 0 Å². The Balaban J connectivity index is 2.06. The van der Waals surface area contributed by atoms with Gasteiger partial charge in [-0.05, 0) is 26.0 Å². The summed E-state index contributed by atoms with van der Waals surface area (Å²) in [5.74, 6) is 0. The predicted molar refractivity (Wildman–Crippen MR) is 59.4 cm³/mol. The molecule has 1 saturated carbocycles. The first-order valence-corrected chi connectivity index (χ1v) is 6.51. The van der Waals surface area contributed by atoms with E-state index < -0.39 is 0 Å². The summed E-state index contributed by atoms with van der Waals surface area (Å²) in [6.45, 7) is 4.74. The van der Waals surface area contributed by atoms with Crippen molar-refractivity contribution in [2.75, 3.05) is 26.0 Å². The molecule has 0 radical (unpaired) electrons. The number of thioether (sulfide) groups is 1. The first-order valence-electron chi connectivity index (χ1n) is 5.22. The lowest BCUT2D eigenvalue weighted by atomic mass is 10.2. The lowest BCUT2D eigenvalue weighted by Gasteiger charge is -2.18. The highest BCUT2D eigenvalue weighted by molar-refractivity contribution is 7.99. The molecular formula is C10H21NOS. The van der Waals surface area contributed by atoms with E-state index in [-0.39, 0.29) is 0 Å². The highest BCUT2D eigenvalue weighted by Gasteiger charge is 2.25. The van der Waals surface area contributed by atoms with Crippen LogP contribution in [0.4, 0.5) is 0 Å². The summed E-state index contributed by atoms with van der Waals surface area (Å²) in [6, 6.07) is 0.732. The maximum absolute atomic E-state index is 5.29. The number of hydrogen-bond acceptors (Lipinski definition) is 3. The van der Waals surface area contributed by atoms with Gasteiger partial charge in [0, 0.05) is 24.4 Å². The Morgan fingerprint density at radius 2 is 2.31 bits per heavy atom. The van der Waals surface area contributed by atoms with E-state index in [2.05, 4.69) is 11.6 Å². The van der Waals surface area contributed by atoms with Gasteiger partial charge in [-0.2, -0.15) is 11.8 Å². The summed E-state index contributed by atoms with van der Waals surface area (Å²) < 4.78 is 5.29. The molecule has 0 aromatic rings. The molecule has 0 bridgehead atoms. The molecule has 0 spiro atoms. The van der Waals surface area contributed by atoms with E-state index in [0.29, 0.717) is 0 Å². The van der Waals surface area contributed by atoms with Gasteiger partial charge in [0.05, 0.1) is 6.61 Å². The van der Waals surface area contributed by atoms with Crippen molar-refractivity contribution in [2.45, 2.75) is 37.5 Å². The van der Waals surface area contributed by atoms with E-state index >= 15 is 0 Å². The molecule has 1 rings (SSSR count). The van der Waals surface area contributed by atoms with E-state index in [0.717, 1.165) is 31.1 Å². The molecule has 1 fully saturated rings. The smallest absolute Gasteiger partial charge is 0.0590 e. The van der Waals surface area contributed by atoms with Crippen molar-refractivity contribution in [3.05, 3.63) is 0 Å². The maximum Gasteiger partial charge on any atom is 0.0590 e. The Morgan fingerprint density at radius 1 is 1.46 bits per heavy atom. The van der Waals surface area contributed by atoms with Gasteiger partial charge in [0.15, 0.2) is 0 Å². The van der Waals surface area contributed by atoms with Crippen LogP contribution in [-0.2, 0) is 4.74 Å². The molecule has 0 aliphatic heterocycles. The second-order valence-electron chi connectivity index (χ2n) is 3.46. The molecule has 2 unspecified atom stereocenters. The van der Waals surface area contributed by atoms with Gasteiger partial charge in [0.25, 0.3) is 0 Å². The van der Waals surface area contributed by atoms with Gasteiger partial charge in [0.2, 0.25) is 0 Å². The molecule has 13 heavy (non-hydrogen) atoms. The van der Waals surface area contributed by atoms with Crippen molar-refractivity contribution >= 4 is 11.8 Å². The molecule has 3 heteroatoms. The molecule has 2 atom stereocenters. The Kier molecular flexibility index (Phi) is 5.83. The summed E-state index contributed by atoms with van der Waals surface area (Å²) in [6.07, 6.45) is 6.33. The van der Waals surface area contributed by atoms with Crippen LogP contribution in [0.5, 0.6) is 0 Å². The molecular weight excluding hydrogens is 182 g/mol. The van der Waals surface area contributed by atoms with Crippen molar-refractivity contribution in [3.63, 3.8) is 0 Å². The first-order chi connectivity index (χ1) is 6.38. The van der Waals surface area contributed by atoms with Gasteiger partial charge in [-0.25, -0.2) is 0 Å². The highest BCUT2D eigenvalue weighted by Crippen LogP contribution is 2.27. The normalized spacial score (nSPS) is 28.2. The molecule has 78 valence electrons. The van der Waals surface area contributed by atoms with Crippen LogP contribution >= 0.6 is 11.8 Å². The highest BCUT2D eigenvalue weighted by atomic mass is 32.2. The van der Waals surface area contributed by atoms with Crippen LogP contribution in [-0.4, -0.2) is 37.3 Å². The summed E-state index contributed by atoms with van der Waals surface area (Å²) in [5.41, 5.74) is 0. The zero-order valence-corrected chi connectivity index (χ0v) is 9.53. The van der Waals surface area contributed by atoms with Gasteiger partial charge in [0.1, 0.15) is 0 Å². The average Bonchev–Trinajstić information content (AvgIpc) is 2.60. The minimum atomic E-state index is 0.732. The van der Waals surface area contributed by atoms with Crippen molar-refractivity contribution in [3.8, 4) is 0 Å². The monoisotopic (exact) mass is 203 g/mol. The Labute approximate surface area is 85.8 Å². The van der Waals surface area contributed by atoms with Crippen LogP contribution in [0.1, 0.15) is 26.2 Å². The molecule has 2 nitrogen and oxygen atoms in total. The second kappa shape index (κ2) is 6.68. The SMILES string of the molecule is CCOCCNC1CCCC1SC. The van der Waals surface area contributed by atoms with Crippen LogP contribution in [0.2, 0.25) is 0 Å². The third kappa shape index (κ3) is 3.88. The van der Waals surface area contributed by atoms with Gasteiger partial charge in [-0.1, -0.05) is 6.42 Å². The molecule has 0 aromatic carbocycles. The van der Waals surface area contributed by atoms with Crippen molar-refractivity contribution in [2.24, 2.45) is 0 Å². The Bertz CT molecular complexity index is 132.